The van der Waals surface area contributed by atoms with Gasteiger partial charge in [0.15, 0.2) is 0 Å². The number of carbonyl (C=O) groups excluding carboxylic acids is 1. The minimum absolute atomic E-state index is 0.230. The van der Waals surface area contributed by atoms with Gasteiger partial charge in [0, 0.05) is 6.54 Å². The van der Waals surface area contributed by atoms with Gasteiger partial charge in [0.05, 0.1) is 6.04 Å². The molecular weight excluding hydrogens is 198 g/mol. The molecule has 0 N–H and O–H groups in total. The van der Waals surface area contributed by atoms with Crippen molar-refractivity contribution in [1.82, 2.24) is 4.90 Å². The van der Waals surface area contributed by atoms with E-state index in [9.17, 15) is 4.79 Å². The fourth-order valence-electron chi connectivity index (χ4n) is 5.44. The van der Waals surface area contributed by atoms with Crippen LogP contribution in [0.5, 0.6) is 0 Å². The molecule has 0 amide bonds. The standard InChI is InChI=1S/C14H23NO/c1-8-5-6-9(2)14(8)11-7-15(4)13(10(3)16)12(11)14/h8-9,11-13H,5-7H2,1-4H3/t8-,9-,11-,12-,13+/m0/s1. The van der Waals surface area contributed by atoms with E-state index in [2.05, 4.69) is 25.8 Å². The zero-order valence-electron chi connectivity index (χ0n) is 10.9. The summed E-state index contributed by atoms with van der Waals surface area (Å²) in [5.74, 6) is 3.57. The highest BCUT2D eigenvalue weighted by atomic mass is 16.1. The smallest absolute Gasteiger partial charge is 0.147 e. The quantitative estimate of drug-likeness (QED) is 0.676. The molecule has 5 atom stereocenters. The van der Waals surface area contributed by atoms with Crippen LogP contribution in [0.3, 0.4) is 0 Å². The monoisotopic (exact) mass is 221 g/mol. The van der Waals surface area contributed by atoms with Crippen molar-refractivity contribution in [2.45, 2.75) is 39.7 Å². The molecule has 1 saturated heterocycles. The molecule has 0 bridgehead atoms. The molecule has 0 unspecified atom stereocenters. The number of fused-ring (bicyclic) bond motifs is 3. The third-order valence-corrected chi connectivity index (χ3v) is 6.00. The Labute approximate surface area is 98.4 Å². The van der Waals surface area contributed by atoms with Crippen molar-refractivity contribution >= 4 is 5.78 Å². The van der Waals surface area contributed by atoms with Gasteiger partial charge in [-0.3, -0.25) is 9.69 Å². The third-order valence-electron chi connectivity index (χ3n) is 6.00. The van der Waals surface area contributed by atoms with Crippen molar-refractivity contribution in [3.05, 3.63) is 0 Å². The number of hydrogen-bond donors (Lipinski definition) is 0. The number of likely N-dealkylation sites (N-methyl/N-ethyl adjacent to an activating group) is 1. The van der Waals surface area contributed by atoms with Crippen molar-refractivity contribution in [1.29, 1.82) is 0 Å². The Morgan fingerprint density at radius 1 is 1.25 bits per heavy atom. The molecule has 0 aromatic heterocycles. The van der Waals surface area contributed by atoms with Crippen LogP contribution >= 0.6 is 0 Å². The van der Waals surface area contributed by atoms with E-state index in [0.717, 1.165) is 24.3 Å². The van der Waals surface area contributed by atoms with E-state index in [4.69, 9.17) is 0 Å². The van der Waals surface area contributed by atoms with E-state index in [0.29, 0.717) is 17.1 Å². The average molecular weight is 221 g/mol. The lowest BCUT2D eigenvalue weighted by molar-refractivity contribution is -0.122. The minimum Gasteiger partial charge on any atom is -0.298 e. The van der Waals surface area contributed by atoms with E-state index in [1.165, 1.54) is 12.8 Å². The van der Waals surface area contributed by atoms with Gasteiger partial charge in [0.2, 0.25) is 0 Å². The lowest BCUT2D eigenvalue weighted by Gasteiger charge is -2.32. The summed E-state index contributed by atoms with van der Waals surface area (Å²) in [5, 5.41) is 0. The van der Waals surface area contributed by atoms with Crippen LogP contribution in [0.4, 0.5) is 0 Å². The zero-order valence-corrected chi connectivity index (χ0v) is 10.9. The normalized spacial score (nSPS) is 49.6. The maximum atomic E-state index is 11.8. The Morgan fingerprint density at radius 2 is 1.81 bits per heavy atom. The fourth-order valence-corrected chi connectivity index (χ4v) is 5.44. The third kappa shape index (κ3) is 1.000. The number of likely N-dealkylation sites (tertiary alicyclic amines) is 1. The number of ketones is 1. The lowest BCUT2D eigenvalue weighted by Crippen LogP contribution is -2.40. The molecule has 3 aliphatic rings. The number of Topliss-reactive ketones (excluding diaryl/α,β-unsaturated/α-hetero) is 1. The average Bonchev–Trinajstić information content (AvgIpc) is 2.53. The van der Waals surface area contributed by atoms with Crippen LogP contribution in [0.15, 0.2) is 0 Å². The van der Waals surface area contributed by atoms with Crippen LogP contribution in [-0.4, -0.2) is 30.3 Å². The first kappa shape index (κ1) is 10.8. The van der Waals surface area contributed by atoms with Crippen molar-refractivity contribution in [2.24, 2.45) is 29.1 Å². The Bertz CT molecular complexity index is 328. The molecule has 3 fully saturated rings. The van der Waals surface area contributed by atoms with Crippen LogP contribution in [0.1, 0.15) is 33.6 Å². The zero-order chi connectivity index (χ0) is 11.7. The number of carbonyl (C=O) groups is 1. The van der Waals surface area contributed by atoms with Gasteiger partial charge in [-0.2, -0.15) is 0 Å². The van der Waals surface area contributed by atoms with Gasteiger partial charge in [-0.05, 0) is 55.9 Å². The number of piperidine rings is 1. The molecule has 16 heavy (non-hydrogen) atoms. The summed E-state index contributed by atoms with van der Waals surface area (Å²) in [6.45, 7) is 7.77. The molecule has 2 saturated carbocycles. The Morgan fingerprint density at radius 3 is 2.31 bits per heavy atom. The van der Waals surface area contributed by atoms with Crippen LogP contribution in [-0.2, 0) is 4.79 Å². The minimum atomic E-state index is 0.230. The molecule has 2 heteroatoms. The highest BCUT2D eigenvalue weighted by molar-refractivity contribution is 5.83. The van der Waals surface area contributed by atoms with E-state index in [1.807, 2.05) is 0 Å². The molecule has 1 spiro atoms. The topological polar surface area (TPSA) is 20.3 Å². The lowest BCUT2D eigenvalue weighted by atomic mass is 9.80. The fraction of sp³-hybridized carbons (Fsp3) is 0.929. The molecule has 0 radical (unpaired) electrons. The first-order chi connectivity index (χ1) is 7.51. The highest BCUT2D eigenvalue weighted by Gasteiger charge is 2.76. The SMILES string of the molecule is CC(=O)[C@@H]1[C@@H]2[C@H](CN1C)C21[C@@H](C)CC[C@@H]1C. The predicted octanol–water partition coefficient (Wildman–Crippen LogP) is 2.19. The van der Waals surface area contributed by atoms with Crippen LogP contribution < -0.4 is 0 Å². The van der Waals surface area contributed by atoms with E-state index in [1.54, 1.807) is 6.92 Å². The van der Waals surface area contributed by atoms with Crippen LogP contribution in [0.2, 0.25) is 0 Å². The summed E-state index contributed by atoms with van der Waals surface area (Å²) < 4.78 is 0. The molecule has 1 heterocycles. The van der Waals surface area contributed by atoms with Gasteiger partial charge in [-0.25, -0.2) is 0 Å². The Kier molecular flexibility index (Phi) is 2.08. The second kappa shape index (κ2) is 3.10. The summed E-state index contributed by atoms with van der Waals surface area (Å²) in [5.41, 5.74) is 0.544. The Hall–Kier alpha value is -0.370. The van der Waals surface area contributed by atoms with Crippen molar-refractivity contribution in [2.75, 3.05) is 13.6 Å². The highest BCUT2D eigenvalue weighted by Crippen LogP contribution is 2.76. The molecule has 0 aromatic rings. The van der Waals surface area contributed by atoms with E-state index < -0.39 is 0 Å². The summed E-state index contributed by atoms with van der Waals surface area (Å²) in [6.07, 6.45) is 2.75. The number of rotatable bonds is 1. The molecule has 1 aliphatic heterocycles. The summed E-state index contributed by atoms with van der Waals surface area (Å²) in [4.78, 5) is 14.1. The van der Waals surface area contributed by atoms with Gasteiger partial charge < -0.3 is 0 Å². The summed E-state index contributed by atoms with van der Waals surface area (Å²) >= 11 is 0. The summed E-state index contributed by atoms with van der Waals surface area (Å²) in [7, 11) is 2.12. The first-order valence-corrected chi connectivity index (χ1v) is 6.72. The van der Waals surface area contributed by atoms with Crippen molar-refractivity contribution in [3.8, 4) is 0 Å². The molecule has 90 valence electrons. The second-order valence-electron chi connectivity index (χ2n) is 6.51. The largest absolute Gasteiger partial charge is 0.298 e. The maximum Gasteiger partial charge on any atom is 0.147 e. The van der Waals surface area contributed by atoms with E-state index in [-0.39, 0.29) is 6.04 Å². The molecule has 2 nitrogen and oxygen atoms in total. The van der Waals surface area contributed by atoms with Crippen molar-refractivity contribution < 1.29 is 4.79 Å². The van der Waals surface area contributed by atoms with Gasteiger partial charge in [0.1, 0.15) is 5.78 Å². The summed E-state index contributed by atoms with van der Waals surface area (Å²) in [6, 6.07) is 0.230. The van der Waals surface area contributed by atoms with E-state index >= 15 is 0 Å². The van der Waals surface area contributed by atoms with Crippen LogP contribution in [0, 0.1) is 29.1 Å². The maximum absolute atomic E-state index is 11.8. The van der Waals surface area contributed by atoms with Gasteiger partial charge in [0.25, 0.3) is 0 Å². The second-order valence-corrected chi connectivity index (χ2v) is 6.51. The molecular formula is C14H23NO. The van der Waals surface area contributed by atoms with Crippen molar-refractivity contribution in [3.63, 3.8) is 0 Å². The molecule has 2 aliphatic carbocycles. The van der Waals surface area contributed by atoms with Gasteiger partial charge >= 0.3 is 0 Å². The van der Waals surface area contributed by atoms with Gasteiger partial charge in [-0.1, -0.05) is 13.8 Å². The first-order valence-electron chi connectivity index (χ1n) is 6.72. The number of hydrogen-bond acceptors (Lipinski definition) is 2. The molecule has 3 rings (SSSR count). The molecule has 0 aromatic carbocycles. The van der Waals surface area contributed by atoms with Gasteiger partial charge in [-0.15, -0.1) is 0 Å². The Balaban J connectivity index is 1.92. The van der Waals surface area contributed by atoms with Crippen LogP contribution in [0.25, 0.3) is 0 Å². The predicted molar refractivity (Wildman–Crippen MR) is 64.1 cm³/mol. The number of nitrogens with zero attached hydrogens (tertiary/aromatic N) is 1.